The minimum Gasteiger partial charge on any atom is -0.368 e. The Hall–Kier alpha value is -3.52. The van der Waals surface area contributed by atoms with Crippen molar-refractivity contribution in [1.29, 1.82) is 0 Å². The van der Waals surface area contributed by atoms with Crippen molar-refractivity contribution in [3.05, 3.63) is 66.6 Å². The number of hydrogen-bond donors (Lipinski definition) is 2. The van der Waals surface area contributed by atoms with Crippen LogP contribution in [0.25, 0.3) is 5.82 Å². The van der Waals surface area contributed by atoms with Crippen LogP contribution in [0.1, 0.15) is 23.2 Å². The van der Waals surface area contributed by atoms with Crippen molar-refractivity contribution in [1.82, 2.24) is 14.8 Å². The number of carbonyl (C=O) groups is 2. The van der Waals surface area contributed by atoms with Crippen LogP contribution in [0.5, 0.6) is 0 Å². The summed E-state index contributed by atoms with van der Waals surface area (Å²) in [6.45, 7) is 0.601. The van der Waals surface area contributed by atoms with E-state index in [0.29, 0.717) is 35.8 Å². The first kappa shape index (κ1) is 17.9. The van der Waals surface area contributed by atoms with Gasteiger partial charge in [0.1, 0.15) is 6.10 Å². The molecular weight excluding hydrogens is 358 g/mol. The molecule has 1 saturated heterocycles. The first-order valence-electron chi connectivity index (χ1n) is 8.99. The average Bonchev–Trinajstić information content (AvgIpc) is 3.43. The lowest BCUT2D eigenvalue weighted by molar-refractivity contribution is -0.124. The Bertz CT molecular complexity index is 981. The van der Waals surface area contributed by atoms with Gasteiger partial charge in [-0.3, -0.25) is 9.59 Å². The third kappa shape index (κ3) is 3.91. The second-order valence-corrected chi connectivity index (χ2v) is 6.35. The SMILES string of the molecule is O=C(Nc1cccnc1-n1cccn1)c1cccc(NC(=O)[C@@H]2CCCO2)c1. The monoisotopic (exact) mass is 377 g/mol. The topological polar surface area (TPSA) is 98.1 Å². The largest absolute Gasteiger partial charge is 0.368 e. The van der Waals surface area contributed by atoms with Crippen LogP contribution in [-0.2, 0) is 9.53 Å². The lowest BCUT2D eigenvalue weighted by Crippen LogP contribution is -2.27. The molecule has 0 spiro atoms. The number of hydrogen-bond acceptors (Lipinski definition) is 5. The molecule has 142 valence electrons. The van der Waals surface area contributed by atoms with E-state index in [4.69, 9.17) is 4.74 Å². The predicted octanol–water partition coefficient (Wildman–Crippen LogP) is 2.64. The summed E-state index contributed by atoms with van der Waals surface area (Å²) in [7, 11) is 0. The molecule has 1 aromatic carbocycles. The lowest BCUT2D eigenvalue weighted by Gasteiger charge is -2.12. The maximum Gasteiger partial charge on any atom is 0.255 e. The van der Waals surface area contributed by atoms with Gasteiger partial charge in [0.25, 0.3) is 11.8 Å². The molecule has 0 aliphatic carbocycles. The van der Waals surface area contributed by atoms with E-state index in [0.717, 1.165) is 6.42 Å². The number of nitrogens with zero attached hydrogens (tertiary/aromatic N) is 3. The summed E-state index contributed by atoms with van der Waals surface area (Å²) in [5.41, 5.74) is 1.50. The molecule has 2 aromatic heterocycles. The number of anilines is 2. The maximum absolute atomic E-state index is 12.7. The highest BCUT2D eigenvalue weighted by molar-refractivity contribution is 6.06. The molecule has 0 unspecified atom stereocenters. The van der Waals surface area contributed by atoms with Crippen LogP contribution >= 0.6 is 0 Å². The number of nitrogens with one attached hydrogen (secondary N) is 2. The molecular formula is C20H19N5O3. The number of carbonyl (C=O) groups excluding carboxylic acids is 2. The summed E-state index contributed by atoms with van der Waals surface area (Å²) in [6.07, 6.45) is 6.19. The van der Waals surface area contributed by atoms with Gasteiger partial charge in [-0.2, -0.15) is 5.10 Å². The standard InChI is InChI=1S/C20H19N5O3/c26-19(24-16-7-2-9-21-18(16)25-11-4-10-22-25)14-5-1-6-15(13-14)23-20(27)17-8-3-12-28-17/h1-2,4-7,9-11,13,17H,3,8,12H2,(H,23,27)(H,24,26)/t17-/m0/s1. The van der Waals surface area contributed by atoms with Crippen molar-refractivity contribution in [3.8, 4) is 5.82 Å². The molecule has 8 nitrogen and oxygen atoms in total. The first-order valence-corrected chi connectivity index (χ1v) is 8.99. The van der Waals surface area contributed by atoms with Crippen LogP contribution in [-0.4, -0.2) is 39.3 Å². The molecule has 0 bridgehead atoms. The van der Waals surface area contributed by atoms with E-state index in [2.05, 4.69) is 20.7 Å². The minimum atomic E-state index is -0.426. The molecule has 0 radical (unpaired) electrons. The van der Waals surface area contributed by atoms with Gasteiger partial charge in [-0.25, -0.2) is 9.67 Å². The highest BCUT2D eigenvalue weighted by Gasteiger charge is 2.23. The van der Waals surface area contributed by atoms with Gasteiger partial charge in [-0.1, -0.05) is 6.07 Å². The molecule has 1 atom stereocenters. The zero-order valence-electron chi connectivity index (χ0n) is 15.0. The summed E-state index contributed by atoms with van der Waals surface area (Å²) < 4.78 is 6.96. The summed E-state index contributed by atoms with van der Waals surface area (Å²) in [6, 6.07) is 12.0. The van der Waals surface area contributed by atoms with E-state index in [9.17, 15) is 9.59 Å². The van der Waals surface area contributed by atoms with Gasteiger partial charge in [0.05, 0.1) is 5.69 Å². The van der Waals surface area contributed by atoms with Crippen LogP contribution < -0.4 is 10.6 Å². The van der Waals surface area contributed by atoms with Gasteiger partial charge in [-0.05, 0) is 49.2 Å². The van der Waals surface area contributed by atoms with Crippen molar-refractivity contribution in [2.24, 2.45) is 0 Å². The first-order chi connectivity index (χ1) is 13.7. The smallest absolute Gasteiger partial charge is 0.255 e. The maximum atomic E-state index is 12.7. The van der Waals surface area contributed by atoms with E-state index < -0.39 is 6.10 Å². The normalized spacial score (nSPS) is 15.9. The molecule has 1 aliphatic rings. The Morgan fingerprint density at radius 2 is 2.04 bits per heavy atom. The van der Waals surface area contributed by atoms with E-state index in [-0.39, 0.29) is 11.8 Å². The third-order valence-electron chi connectivity index (χ3n) is 4.37. The molecule has 0 saturated carbocycles. The zero-order chi connectivity index (χ0) is 19.3. The highest BCUT2D eigenvalue weighted by Crippen LogP contribution is 2.19. The van der Waals surface area contributed by atoms with Crippen LogP contribution in [0.2, 0.25) is 0 Å². The minimum absolute atomic E-state index is 0.191. The van der Waals surface area contributed by atoms with Crippen LogP contribution in [0, 0.1) is 0 Å². The van der Waals surface area contributed by atoms with Crippen molar-refractivity contribution in [2.75, 3.05) is 17.2 Å². The van der Waals surface area contributed by atoms with E-state index in [1.54, 1.807) is 65.7 Å². The summed E-state index contributed by atoms with van der Waals surface area (Å²) in [5.74, 6) is 0.0154. The molecule has 1 fully saturated rings. The number of pyridine rings is 1. The van der Waals surface area contributed by atoms with Gasteiger partial charge in [0.15, 0.2) is 5.82 Å². The number of ether oxygens (including phenoxy) is 1. The fourth-order valence-electron chi connectivity index (χ4n) is 3.01. The lowest BCUT2D eigenvalue weighted by atomic mass is 10.1. The molecule has 4 rings (SSSR count). The van der Waals surface area contributed by atoms with Crippen LogP contribution in [0.15, 0.2) is 61.1 Å². The quantitative estimate of drug-likeness (QED) is 0.712. The van der Waals surface area contributed by atoms with E-state index >= 15 is 0 Å². The number of benzene rings is 1. The fourth-order valence-corrected chi connectivity index (χ4v) is 3.01. The Morgan fingerprint density at radius 3 is 2.82 bits per heavy atom. The van der Waals surface area contributed by atoms with Gasteiger partial charge >= 0.3 is 0 Å². The summed E-state index contributed by atoms with van der Waals surface area (Å²) in [4.78, 5) is 29.2. The van der Waals surface area contributed by atoms with Gasteiger partial charge < -0.3 is 15.4 Å². The number of aromatic nitrogens is 3. The highest BCUT2D eigenvalue weighted by atomic mass is 16.5. The summed E-state index contributed by atoms with van der Waals surface area (Å²) in [5, 5.41) is 9.81. The van der Waals surface area contributed by atoms with E-state index in [1.165, 1.54) is 0 Å². The average molecular weight is 377 g/mol. The Morgan fingerprint density at radius 1 is 1.11 bits per heavy atom. The molecule has 2 amide bonds. The third-order valence-corrected chi connectivity index (χ3v) is 4.37. The predicted molar refractivity (Wildman–Crippen MR) is 103 cm³/mol. The second-order valence-electron chi connectivity index (χ2n) is 6.35. The zero-order valence-corrected chi connectivity index (χ0v) is 15.0. The van der Waals surface area contributed by atoms with Crippen LogP contribution in [0.4, 0.5) is 11.4 Å². The molecule has 8 heteroatoms. The van der Waals surface area contributed by atoms with Crippen molar-refractivity contribution in [2.45, 2.75) is 18.9 Å². The number of amides is 2. The number of rotatable bonds is 5. The van der Waals surface area contributed by atoms with E-state index in [1.807, 2.05) is 0 Å². The fraction of sp³-hybridized carbons (Fsp3) is 0.200. The molecule has 1 aliphatic heterocycles. The van der Waals surface area contributed by atoms with Crippen molar-refractivity contribution in [3.63, 3.8) is 0 Å². The van der Waals surface area contributed by atoms with Gasteiger partial charge in [0, 0.05) is 36.4 Å². The van der Waals surface area contributed by atoms with Crippen molar-refractivity contribution < 1.29 is 14.3 Å². The molecule has 3 heterocycles. The van der Waals surface area contributed by atoms with Crippen LogP contribution in [0.3, 0.4) is 0 Å². The summed E-state index contributed by atoms with van der Waals surface area (Å²) >= 11 is 0. The molecule has 28 heavy (non-hydrogen) atoms. The second kappa shape index (κ2) is 8.01. The molecule has 3 aromatic rings. The van der Waals surface area contributed by atoms with Gasteiger partial charge in [0.2, 0.25) is 0 Å². The Kier molecular flexibility index (Phi) is 5.11. The van der Waals surface area contributed by atoms with Crippen molar-refractivity contribution >= 4 is 23.2 Å². The molecule has 2 N–H and O–H groups in total. The Balaban J connectivity index is 1.49. The van der Waals surface area contributed by atoms with Gasteiger partial charge in [-0.15, -0.1) is 0 Å². The Labute approximate surface area is 161 Å².